The normalized spacial score (nSPS) is 11.6. The van der Waals surface area contributed by atoms with Crippen LogP contribution in [-0.2, 0) is 9.53 Å². The van der Waals surface area contributed by atoms with Gasteiger partial charge >= 0.3 is 5.97 Å². The van der Waals surface area contributed by atoms with Gasteiger partial charge in [-0.3, -0.25) is 4.79 Å². The molecule has 2 aromatic heterocycles. The minimum atomic E-state index is -0.482. The van der Waals surface area contributed by atoms with Crippen LogP contribution < -0.4 is 10.1 Å². The lowest BCUT2D eigenvalue weighted by Crippen LogP contribution is -2.11. The molecule has 152 valence electrons. The Morgan fingerprint density at radius 1 is 1.17 bits per heavy atom. The zero-order valence-corrected chi connectivity index (χ0v) is 18.1. The number of benzene rings is 1. The molecule has 0 atom stereocenters. The van der Waals surface area contributed by atoms with E-state index in [1.807, 2.05) is 33.8 Å². The van der Waals surface area contributed by atoms with Gasteiger partial charge in [-0.1, -0.05) is 0 Å². The standard InChI is InChI=1S/C22H23NO5S/c1-11(9-18(24)23-17-7-8-29-21(17)22(25)27-6)15-10-16-12(2)14(4)28-20(16)13(3)19(15)26-5/h7-10H,1-6H3,(H,23,24)/b11-9+. The van der Waals surface area contributed by atoms with Crippen molar-refractivity contribution in [2.75, 3.05) is 19.5 Å². The molecule has 0 bridgehead atoms. The zero-order valence-electron chi connectivity index (χ0n) is 17.3. The first kappa shape index (κ1) is 20.7. The molecule has 2 heterocycles. The van der Waals surface area contributed by atoms with Gasteiger partial charge < -0.3 is 19.2 Å². The Morgan fingerprint density at radius 2 is 1.90 bits per heavy atom. The molecule has 0 aliphatic rings. The first-order valence-corrected chi connectivity index (χ1v) is 9.89. The summed E-state index contributed by atoms with van der Waals surface area (Å²) in [6.07, 6.45) is 1.49. The molecular formula is C22H23NO5S. The number of allylic oxidation sites excluding steroid dienone is 1. The fourth-order valence-corrected chi connectivity index (χ4v) is 4.04. The number of anilines is 1. The summed E-state index contributed by atoms with van der Waals surface area (Å²) >= 11 is 1.21. The van der Waals surface area contributed by atoms with Gasteiger partial charge in [-0.15, -0.1) is 11.3 Å². The van der Waals surface area contributed by atoms with Crippen LogP contribution in [-0.4, -0.2) is 26.1 Å². The summed E-state index contributed by atoms with van der Waals surface area (Å²) in [7, 11) is 2.91. The van der Waals surface area contributed by atoms with E-state index in [2.05, 4.69) is 5.32 Å². The number of rotatable bonds is 5. The second-order valence-corrected chi connectivity index (χ2v) is 7.63. The quantitative estimate of drug-likeness (QED) is 0.456. The number of carbonyl (C=O) groups excluding carboxylic acids is 2. The number of esters is 1. The molecule has 7 heteroatoms. The molecular weight excluding hydrogens is 390 g/mol. The van der Waals surface area contributed by atoms with Crippen molar-refractivity contribution >= 4 is 45.4 Å². The van der Waals surface area contributed by atoms with Gasteiger partial charge in [0, 0.05) is 22.6 Å². The molecule has 0 spiro atoms. The van der Waals surface area contributed by atoms with E-state index in [0.29, 0.717) is 16.3 Å². The molecule has 0 fully saturated rings. The van der Waals surface area contributed by atoms with Gasteiger partial charge in [0.05, 0.1) is 19.9 Å². The predicted molar refractivity (Wildman–Crippen MR) is 115 cm³/mol. The highest BCUT2D eigenvalue weighted by molar-refractivity contribution is 7.12. The maximum absolute atomic E-state index is 12.6. The minimum Gasteiger partial charge on any atom is -0.496 e. The molecule has 1 N–H and O–H groups in total. The van der Waals surface area contributed by atoms with E-state index in [-0.39, 0.29) is 5.91 Å². The van der Waals surface area contributed by atoms with E-state index >= 15 is 0 Å². The average molecular weight is 413 g/mol. The lowest BCUT2D eigenvalue weighted by Gasteiger charge is -2.13. The Morgan fingerprint density at radius 3 is 2.55 bits per heavy atom. The van der Waals surface area contributed by atoms with E-state index in [9.17, 15) is 9.59 Å². The van der Waals surface area contributed by atoms with Gasteiger partial charge in [0.25, 0.3) is 0 Å². The number of aryl methyl sites for hydroxylation is 3. The summed E-state index contributed by atoms with van der Waals surface area (Å²) in [4.78, 5) is 24.7. The molecule has 3 aromatic rings. The first-order chi connectivity index (χ1) is 13.8. The lowest BCUT2D eigenvalue weighted by atomic mass is 9.98. The van der Waals surface area contributed by atoms with Crippen molar-refractivity contribution in [1.82, 2.24) is 0 Å². The van der Waals surface area contributed by atoms with Crippen LogP contribution in [0.15, 0.2) is 28.0 Å². The molecule has 0 radical (unpaired) electrons. The van der Waals surface area contributed by atoms with Gasteiger partial charge in [-0.05, 0) is 56.3 Å². The molecule has 0 aliphatic carbocycles. The van der Waals surface area contributed by atoms with Crippen LogP contribution in [0.25, 0.3) is 16.5 Å². The number of nitrogens with one attached hydrogen (secondary N) is 1. The van der Waals surface area contributed by atoms with Crippen LogP contribution in [0.3, 0.4) is 0 Å². The number of hydrogen-bond donors (Lipinski definition) is 1. The first-order valence-electron chi connectivity index (χ1n) is 9.01. The number of carbonyl (C=O) groups is 2. The summed E-state index contributed by atoms with van der Waals surface area (Å²) in [5.41, 5.74) is 4.71. The Hall–Kier alpha value is -3.06. The van der Waals surface area contributed by atoms with Crippen molar-refractivity contribution in [1.29, 1.82) is 0 Å². The highest BCUT2D eigenvalue weighted by Crippen LogP contribution is 2.38. The topological polar surface area (TPSA) is 77.8 Å². The van der Waals surface area contributed by atoms with E-state index in [1.165, 1.54) is 24.5 Å². The summed E-state index contributed by atoms with van der Waals surface area (Å²) in [6, 6.07) is 3.66. The lowest BCUT2D eigenvalue weighted by molar-refractivity contribution is -0.111. The van der Waals surface area contributed by atoms with Gasteiger partial charge in [-0.25, -0.2) is 4.79 Å². The van der Waals surface area contributed by atoms with E-state index in [1.54, 1.807) is 18.6 Å². The Labute approximate surface area is 173 Å². The molecule has 1 aromatic carbocycles. The number of fused-ring (bicyclic) bond motifs is 1. The summed E-state index contributed by atoms with van der Waals surface area (Å²) in [5.74, 6) is 0.698. The Balaban J connectivity index is 1.98. The SMILES string of the molecule is COC(=O)c1sccc1NC(=O)/C=C(\C)c1cc2c(C)c(C)oc2c(C)c1OC. The van der Waals surface area contributed by atoms with E-state index in [4.69, 9.17) is 13.9 Å². The smallest absolute Gasteiger partial charge is 0.350 e. The number of furan rings is 1. The molecule has 1 amide bonds. The van der Waals surface area contributed by atoms with Crippen molar-refractivity contribution < 1.29 is 23.5 Å². The summed E-state index contributed by atoms with van der Waals surface area (Å²) < 4.78 is 16.2. The maximum Gasteiger partial charge on any atom is 0.350 e. The maximum atomic E-state index is 12.6. The third-order valence-corrected chi connectivity index (χ3v) is 5.81. The third kappa shape index (κ3) is 3.78. The van der Waals surface area contributed by atoms with Crippen molar-refractivity contribution in [3.8, 4) is 5.75 Å². The summed E-state index contributed by atoms with van der Waals surface area (Å²) in [6.45, 7) is 7.72. The molecule has 0 unspecified atom stereocenters. The number of amides is 1. The highest BCUT2D eigenvalue weighted by Gasteiger charge is 2.19. The molecule has 29 heavy (non-hydrogen) atoms. The molecule has 0 saturated heterocycles. The van der Waals surface area contributed by atoms with Crippen LogP contribution in [0.5, 0.6) is 5.75 Å². The minimum absolute atomic E-state index is 0.342. The third-order valence-electron chi connectivity index (χ3n) is 4.92. The second kappa shape index (κ2) is 8.13. The van der Waals surface area contributed by atoms with Gasteiger partial charge in [0.1, 0.15) is 22.0 Å². The molecule has 3 rings (SSSR count). The van der Waals surface area contributed by atoms with Crippen LogP contribution in [0.1, 0.15) is 39.0 Å². The average Bonchev–Trinajstić information content (AvgIpc) is 3.26. The summed E-state index contributed by atoms with van der Waals surface area (Å²) in [5, 5.41) is 5.47. The molecule has 0 aliphatic heterocycles. The fourth-order valence-electron chi connectivity index (χ4n) is 3.27. The number of hydrogen-bond acceptors (Lipinski definition) is 6. The highest BCUT2D eigenvalue weighted by atomic mass is 32.1. The number of thiophene rings is 1. The number of methoxy groups -OCH3 is 2. The Kier molecular flexibility index (Phi) is 5.79. The Bertz CT molecular complexity index is 1140. The van der Waals surface area contributed by atoms with Crippen LogP contribution in [0.4, 0.5) is 5.69 Å². The number of ether oxygens (including phenoxy) is 2. The predicted octanol–water partition coefficient (Wildman–Crippen LogP) is 5.26. The largest absolute Gasteiger partial charge is 0.496 e. The van der Waals surface area contributed by atoms with Crippen molar-refractivity contribution in [2.24, 2.45) is 0 Å². The van der Waals surface area contributed by atoms with Crippen LogP contribution >= 0.6 is 11.3 Å². The van der Waals surface area contributed by atoms with Gasteiger partial charge in [-0.2, -0.15) is 0 Å². The van der Waals surface area contributed by atoms with Crippen molar-refractivity contribution in [3.05, 3.63) is 50.9 Å². The zero-order chi connectivity index (χ0) is 21.3. The van der Waals surface area contributed by atoms with Crippen LogP contribution in [0.2, 0.25) is 0 Å². The van der Waals surface area contributed by atoms with Gasteiger partial charge in [0.15, 0.2) is 0 Å². The van der Waals surface area contributed by atoms with Crippen molar-refractivity contribution in [2.45, 2.75) is 27.7 Å². The van der Waals surface area contributed by atoms with Crippen molar-refractivity contribution in [3.63, 3.8) is 0 Å². The molecule has 6 nitrogen and oxygen atoms in total. The van der Waals surface area contributed by atoms with Gasteiger partial charge in [0.2, 0.25) is 5.91 Å². The monoisotopic (exact) mass is 413 g/mol. The molecule has 0 saturated carbocycles. The van der Waals surface area contributed by atoms with Crippen LogP contribution in [0, 0.1) is 20.8 Å². The fraction of sp³-hybridized carbons (Fsp3) is 0.273. The second-order valence-electron chi connectivity index (χ2n) is 6.71. The van der Waals surface area contributed by atoms with E-state index in [0.717, 1.165) is 39.0 Å². The van der Waals surface area contributed by atoms with E-state index < -0.39 is 5.97 Å².